The zero-order chi connectivity index (χ0) is 16.2. The summed E-state index contributed by atoms with van der Waals surface area (Å²) < 4.78 is 0. The summed E-state index contributed by atoms with van der Waals surface area (Å²) in [6.07, 6.45) is 5.60. The lowest BCUT2D eigenvalue weighted by Crippen LogP contribution is -2.46. The fraction of sp³-hybridized carbons (Fsp3) is 0.688. The lowest BCUT2D eigenvalue weighted by atomic mass is 9.97. The molecule has 1 aromatic rings. The summed E-state index contributed by atoms with van der Waals surface area (Å²) in [7, 11) is 0. The second kappa shape index (κ2) is 8.48. The van der Waals surface area contributed by atoms with Crippen LogP contribution in [0.4, 0.5) is 0 Å². The van der Waals surface area contributed by atoms with Crippen molar-refractivity contribution in [2.45, 2.75) is 38.6 Å². The lowest BCUT2D eigenvalue weighted by Gasteiger charge is -2.33. The molecule has 0 saturated carbocycles. The zero-order valence-electron chi connectivity index (χ0n) is 14.0. The molecule has 1 aromatic heterocycles. The summed E-state index contributed by atoms with van der Waals surface area (Å²) in [6.45, 7) is 4.90. The third kappa shape index (κ3) is 4.27. The maximum Gasteiger partial charge on any atom is 0.257 e. The van der Waals surface area contributed by atoms with Gasteiger partial charge in [-0.2, -0.15) is 5.10 Å². The van der Waals surface area contributed by atoms with Crippen molar-refractivity contribution in [3.8, 4) is 0 Å². The number of carbonyl (C=O) groups is 2. The summed E-state index contributed by atoms with van der Waals surface area (Å²) in [5.74, 6) is 0.451. The van der Waals surface area contributed by atoms with Gasteiger partial charge in [0.25, 0.3) is 5.91 Å². The van der Waals surface area contributed by atoms with Gasteiger partial charge in [-0.15, -0.1) is 12.4 Å². The van der Waals surface area contributed by atoms with E-state index in [0.717, 1.165) is 44.5 Å². The van der Waals surface area contributed by atoms with Crippen LogP contribution in [0.5, 0.6) is 0 Å². The molecule has 2 amide bonds. The zero-order valence-corrected chi connectivity index (χ0v) is 14.8. The normalized spacial score (nSPS) is 23.6. The van der Waals surface area contributed by atoms with Gasteiger partial charge in [0, 0.05) is 25.3 Å². The maximum absolute atomic E-state index is 12.5. The summed E-state index contributed by atoms with van der Waals surface area (Å²) in [5.41, 5.74) is 1.45. The summed E-state index contributed by atoms with van der Waals surface area (Å²) in [6, 6.07) is -0.0371. The van der Waals surface area contributed by atoms with Crippen molar-refractivity contribution in [1.29, 1.82) is 0 Å². The number of piperidine rings is 1. The Morgan fingerprint density at radius 2 is 2.21 bits per heavy atom. The van der Waals surface area contributed by atoms with Gasteiger partial charge < -0.3 is 15.5 Å². The predicted octanol–water partition coefficient (Wildman–Crippen LogP) is 0.860. The van der Waals surface area contributed by atoms with E-state index in [4.69, 9.17) is 0 Å². The number of likely N-dealkylation sites (tertiary alicyclic amines) is 1. The van der Waals surface area contributed by atoms with Gasteiger partial charge in [-0.3, -0.25) is 14.7 Å². The molecule has 0 spiro atoms. The van der Waals surface area contributed by atoms with E-state index in [2.05, 4.69) is 20.8 Å². The van der Waals surface area contributed by atoms with Gasteiger partial charge >= 0.3 is 0 Å². The molecule has 134 valence electrons. The molecular weight excluding hydrogens is 330 g/mol. The second-order valence-corrected chi connectivity index (χ2v) is 6.56. The monoisotopic (exact) mass is 355 g/mol. The Hall–Kier alpha value is -1.60. The molecule has 2 atom stereocenters. The van der Waals surface area contributed by atoms with Gasteiger partial charge in [-0.05, 0) is 45.1 Å². The molecule has 0 bridgehead atoms. The molecule has 0 radical (unpaired) electrons. The maximum atomic E-state index is 12.5. The summed E-state index contributed by atoms with van der Waals surface area (Å²) >= 11 is 0. The van der Waals surface area contributed by atoms with Crippen LogP contribution in [0.3, 0.4) is 0 Å². The van der Waals surface area contributed by atoms with Crippen molar-refractivity contribution in [3.63, 3.8) is 0 Å². The van der Waals surface area contributed by atoms with Crippen molar-refractivity contribution in [2.24, 2.45) is 5.92 Å². The number of nitrogens with zero attached hydrogens (tertiary/aromatic N) is 2. The summed E-state index contributed by atoms with van der Waals surface area (Å²) in [5, 5.41) is 13.0. The third-order valence-corrected chi connectivity index (χ3v) is 4.81. The first-order chi connectivity index (χ1) is 11.1. The number of H-pyrrole nitrogens is 1. The molecule has 24 heavy (non-hydrogen) atoms. The van der Waals surface area contributed by atoms with Gasteiger partial charge in [0.05, 0.1) is 17.8 Å². The second-order valence-electron chi connectivity index (χ2n) is 6.56. The minimum Gasteiger partial charge on any atom is -0.354 e. The number of amides is 2. The number of carbonyl (C=O) groups excluding carboxylic acids is 2. The average molecular weight is 356 g/mol. The Balaban J connectivity index is 0.00000208. The third-order valence-electron chi connectivity index (χ3n) is 4.81. The Bertz CT molecular complexity index is 571. The van der Waals surface area contributed by atoms with Gasteiger partial charge in [-0.25, -0.2) is 0 Å². The number of aryl methyl sites for hydroxylation is 1. The van der Waals surface area contributed by atoms with Gasteiger partial charge in [-0.1, -0.05) is 0 Å². The van der Waals surface area contributed by atoms with E-state index in [-0.39, 0.29) is 30.3 Å². The predicted molar refractivity (Wildman–Crippen MR) is 93.2 cm³/mol. The minimum atomic E-state index is -0.0371. The van der Waals surface area contributed by atoms with Crippen molar-refractivity contribution < 1.29 is 9.59 Å². The molecular formula is C16H26ClN5O2. The molecule has 3 N–H and O–H groups in total. The van der Waals surface area contributed by atoms with E-state index < -0.39 is 0 Å². The quantitative estimate of drug-likeness (QED) is 0.747. The van der Waals surface area contributed by atoms with Crippen LogP contribution >= 0.6 is 12.4 Å². The van der Waals surface area contributed by atoms with Crippen LogP contribution in [0.15, 0.2) is 6.20 Å². The first-order valence-corrected chi connectivity index (χ1v) is 8.45. The Morgan fingerprint density at radius 3 is 2.88 bits per heavy atom. The Labute approximate surface area is 148 Å². The van der Waals surface area contributed by atoms with E-state index in [1.54, 1.807) is 6.20 Å². The van der Waals surface area contributed by atoms with Gasteiger partial charge in [0.15, 0.2) is 0 Å². The van der Waals surface area contributed by atoms with Crippen LogP contribution in [-0.2, 0) is 4.79 Å². The number of nitrogens with one attached hydrogen (secondary N) is 3. The standard InChI is InChI=1S/C16H25N5O2.ClH/c1-11-13(9-19-20-11)16(23)21-7-3-4-12(10-21)8-18-15(22)14-5-2-6-17-14;/h9,12,14,17H,2-8,10H2,1H3,(H,18,22)(H,19,20);1H. The smallest absolute Gasteiger partial charge is 0.257 e. The molecule has 2 aliphatic heterocycles. The topological polar surface area (TPSA) is 90.1 Å². The molecule has 2 unspecified atom stereocenters. The number of aromatic nitrogens is 2. The number of rotatable bonds is 4. The van der Waals surface area contributed by atoms with Gasteiger partial charge in [0.1, 0.15) is 0 Å². The van der Waals surface area contributed by atoms with Crippen LogP contribution in [0.1, 0.15) is 41.7 Å². The first kappa shape index (κ1) is 18.7. The molecule has 7 nitrogen and oxygen atoms in total. The van der Waals surface area contributed by atoms with E-state index in [1.165, 1.54) is 0 Å². The largest absolute Gasteiger partial charge is 0.354 e. The fourth-order valence-corrected chi connectivity index (χ4v) is 3.43. The minimum absolute atomic E-state index is 0. The van der Waals surface area contributed by atoms with Gasteiger partial charge in [0.2, 0.25) is 5.91 Å². The highest BCUT2D eigenvalue weighted by Crippen LogP contribution is 2.19. The first-order valence-electron chi connectivity index (χ1n) is 8.45. The van der Waals surface area contributed by atoms with Crippen LogP contribution in [0, 0.1) is 12.8 Å². The van der Waals surface area contributed by atoms with Crippen LogP contribution in [-0.4, -0.2) is 59.1 Å². The molecule has 0 aliphatic carbocycles. The molecule has 8 heteroatoms. The number of aromatic amines is 1. The molecule has 2 fully saturated rings. The molecule has 3 heterocycles. The lowest BCUT2D eigenvalue weighted by molar-refractivity contribution is -0.123. The Kier molecular flexibility index (Phi) is 6.62. The van der Waals surface area contributed by atoms with Crippen molar-refractivity contribution in [3.05, 3.63) is 17.5 Å². The summed E-state index contributed by atoms with van der Waals surface area (Å²) in [4.78, 5) is 26.5. The van der Waals surface area contributed by atoms with E-state index in [0.29, 0.717) is 24.6 Å². The van der Waals surface area contributed by atoms with Crippen molar-refractivity contribution in [1.82, 2.24) is 25.7 Å². The number of hydrogen-bond acceptors (Lipinski definition) is 4. The average Bonchev–Trinajstić information content (AvgIpc) is 3.23. The molecule has 3 rings (SSSR count). The van der Waals surface area contributed by atoms with Crippen molar-refractivity contribution in [2.75, 3.05) is 26.2 Å². The Morgan fingerprint density at radius 1 is 1.38 bits per heavy atom. The number of hydrogen-bond donors (Lipinski definition) is 3. The highest BCUT2D eigenvalue weighted by Gasteiger charge is 2.27. The molecule has 0 aromatic carbocycles. The van der Waals surface area contributed by atoms with Crippen LogP contribution in [0.25, 0.3) is 0 Å². The number of halogens is 1. The van der Waals surface area contributed by atoms with E-state index >= 15 is 0 Å². The van der Waals surface area contributed by atoms with Crippen molar-refractivity contribution >= 4 is 24.2 Å². The van der Waals surface area contributed by atoms with E-state index in [1.807, 2.05) is 11.8 Å². The highest BCUT2D eigenvalue weighted by atomic mass is 35.5. The van der Waals surface area contributed by atoms with Crippen LogP contribution < -0.4 is 10.6 Å². The highest BCUT2D eigenvalue weighted by molar-refractivity contribution is 5.95. The van der Waals surface area contributed by atoms with Crippen LogP contribution in [0.2, 0.25) is 0 Å². The molecule has 2 saturated heterocycles. The van der Waals surface area contributed by atoms with E-state index in [9.17, 15) is 9.59 Å². The SMILES string of the molecule is Cc1[nH]ncc1C(=O)N1CCCC(CNC(=O)C2CCCN2)C1.Cl. The fourth-order valence-electron chi connectivity index (χ4n) is 3.43. The molecule has 2 aliphatic rings.